The molecule has 0 spiro atoms. The van der Waals surface area contributed by atoms with Gasteiger partial charge in [0, 0.05) is 17.2 Å². The summed E-state index contributed by atoms with van der Waals surface area (Å²) in [7, 11) is 3.11. The Morgan fingerprint density at radius 3 is 2.39 bits per heavy atom. The van der Waals surface area contributed by atoms with E-state index >= 15 is 0 Å². The van der Waals surface area contributed by atoms with Gasteiger partial charge in [-0.1, -0.05) is 13.8 Å². The third kappa shape index (κ3) is 3.26. The van der Waals surface area contributed by atoms with Gasteiger partial charge in [-0.3, -0.25) is 0 Å². The van der Waals surface area contributed by atoms with Crippen LogP contribution in [0, 0.1) is 5.92 Å². The first kappa shape index (κ1) is 14.1. The largest absolute Gasteiger partial charge is 0.497 e. The number of ether oxygens (including phenoxy) is 2. The summed E-state index contributed by atoms with van der Waals surface area (Å²) < 4.78 is 10.3. The summed E-state index contributed by atoms with van der Waals surface area (Å²) >= 11 is 0. The minimum atomic E-state index is -0.914. The molecule has 0 fully saturated rings. The SMILES string of the molecule is COc1ccc(/C=C(/C(=O)O)C(C)C)c(OC)c1. The van der Waals surface area contributed by atoms with Gasteiger partial charge < -0.3 is 14.6 Å². The molecular weight excluding hydrogens is 232 g/mol. The van der Waals surface area contributed by atoms with Crippen LogP contribution in [0.5, 0.6) is 11.5 Å². The third-order valence-electron chi connectivity index (χ3n) is 2.62. The summed E-state index contributed by atoms with van der Waals surface area (Å²) in [6.45, 7) is 3.69. The number of hydrogen-bond donors (Lipinski definition) is 1. The van der Waals surface area contributed by atoms with Crippen LogP contribution in [-0.4, -0.2) is 25.3 Å². The summed E-state index contributed by atoms with van der Waals surface area (Å²) in [4.78, 5) is 11.1. The van der Waals surface area contributed by atoms with Gasteiger partial charge in [0.25, 0.3) is 0 Å². The second-order valence-corrected chi connectivity index (χ2v) is 4.17. The van der Waals surface area contributed by atoms with Crippen LogP contribution < -0.4 is 9.47 Å². The minimum Gasteiger partial charge on any atom is -0.497 e. The highest BCUT2D eigenvalue weighted by Crippen LogP contribution is 2.27. The number of benzene rings is 1. The predicted octanol–water partition coefficient (Wildman–Crippen LogP) is 2.83. The molecule has 1 N–H and O–H groups in total. The van der Waals surface area contributed by atoms with Gasteiger partial charge >= 0.3 is 5.97 Å². The van der Waals surface area contributed by atoms with Crippen molar-refractivity contribution in [2.75, 3.05) is 14.2 Å². The number of carboxylic acid groups (broad SMARTS) is 1. The number of methoxy groups -OCH3 is 2. The van der Waals surface area contributed by atoms with Crippen LogP contribution in [0.1, 0.15) is 19.4 Å². The second-order valence-electron chi connectivity index (χ2n) is 4.17. The van der Waals surface area contributed by atoms with E-state index in [-0.39, 0.29) is 5.92 Å². The molecule has 0 unspecified atom stereocenters. The van der Waals surface area contributed by atoms with Crippen molar-refractivity contribution in [2.45, 2.75) is 13.8 Å². The van der Waals surface area contributed by atoms with E-state index in [1.54, 1.807) is 38.5 Å². The Labute approximate surface area is 107 Å². The maximum Gasteiger partial charge on any atom is 0.331 e. The lowest BCUT2D eigenvalue weighted by molar-refractivity contribution is -0.133. The van der Waals surface area contributed by atoms with Gasteiger partial charge in [-0.25, -0.2) is 4.79 Å². The summed E-state index contributed by atoms with van der Waals surface area (Å²) in [6, 6.07) is 5.28. The fourth-order valence-corrected chi connectivity index (χ4v) is 1.58. The molecule has 0 saturated carbocycles. The predicted molar refractivity (Wildman–Crippen MR) is 70.0 cm³/mol. The normalized spacial score (nSPS) is 11.5. The molecule has 0 aliphatic rings. The average molecular weight is 250 g/mol. The van der Waals surface area contributed by atoms with Crippen molar-refractivity contribution < 1.29 is 19.4 Å². The van der Waals surface area contributed by atoms with Gasteiger partial charge in [-0.05, 0) is 24.1 Å². The smallest absolute Gasteiger partial charge is 0.331 e. The van der Waals surface area contributed by atoms with Gasteiger partial charge in [0.05, 0.1) is 14.2 Å². The van der Waals surface area contributed by atoms with Crippen molar-refractivity contribution in [1.29, 1.82) is 0 Å². The molecule has 1 aromatic carbocycles. The van der Waals surface area contributed by atoms with Crippen molar-refractivity contribution in [2.24, 2.45) is 5.92 Å². The van der Waals surface area contributed by atoms with Crippen LogP contribution in [0.4, 0.5) is 0 Å². The first-order chi connectivity index (χ1) is 8.49. The van der Waals surface area contributed by atoms with E-state index in [2.05, 4.69) is 0 Å². The molecule has 1 aromatic rings. The Balaban J connectivity index is 3.24. The minimum absolute atomic E-state index is 0.0608. The molecule has 0 amide bonds. The highest BCUT2D eigenvalue weighted by Gasteiger charge is 2.13. The fourth-order valence-electron chi connectivity index (χ4n) is 1.58. The highest BCUT2D eigenvalue weighted by atomic mass is 16.5. The first-order valence-corrected chi connectivity index (χ1v) is 5.66. The zero-order valence-corrected chi connectivity index (χ0v) is 11.1. The molecule has 0 radical (unpaired) electrons. The third-order valence-corrected chi connectivity index (χ3v) is 2.62. The molecule has 1 rings (SSSR count). The van der Waals surface area contributed by atoms with Gasteiger partial charge in [-0.2, -0.15) is 0 Å². The van der Waals surface area contributed by atoms with E-state index < -0.39 is 5.97 Å². The lowest BCUT2D eigenvalue weighted by Gasteiger charge is -2.10. The number of carbonyl (C=O) groups is 1. The van der Waals surface area contributed by atoms with E-state index in [4.69, 9.17) is 14.6 Å². The van der Waals surface area contributed by atoms with E-state index in [1.165, 1.54) is 0 Å². The summed E-state index contributed by atoms with van der Waals surface area (Å²) in [5.74, 6) is 0.288. The lowest BCUT2D eigenvalue weighted by Crippen LogP contribution is -2.06. The van der Waals surface area contributed by atoms with Crippen LogP contribution >= 0.6 is 0 Å². The highest BCUT2D eigenvalue weighted by molar-refractivity contribution is 5.93. The quantitative estimate of drug-likeness (QED) is 0.816. The van der Waals surface area contributed by atoms with Crippen molar-refractivity contribution in [3.8, 4) is 11.5 Å². The van der Waals surface area contributed by atoms with Crippen molar-refractivity contribution >= 4 is 12.0 Å². The van der Waals surface area contributed by atoms with E-state index in [0.29, 0.717) is 17.1 Å². The molecule has 0 saturated heterocycles. The second kappa shape index (κ2) is 6.10. The van der Waals surface area contributed by atoms with Crippen LogP contribution in [0.2, 0.25) is 0 Å². The zero-order valence-electron chi connectivity index (χ0n) is 11.1. The zero-order chi connectivity index (χ0) is 13.7. The van der Waals surface area contributed by atoms with Crippen LogP contribution in [0.15, 0.2) is 23.8 Å². The number of carboxylic acids is 1. The summed E-state index contributed by atoms with van der Waals surface area (Å²) in [6.07, 6.45) is 1.63. The van der Waals surface area contributed by atoms with E-state index in [1.807, 2.05) is 13.8 Å². The number of rotatable bonds is 5. The van der Waals surface area contributed by atoms with Crippen molar-refractivity contribution in [1.82, 2.24) is 0 Å². The Hall–Kier alpha value is -1.97. The van der Waals surface area contributed by atoms with Crippen LogP contribution in [-0.2, 0) is 4.79 Å². The standard InChI is InChI=1S/C14H18O4/c1-9(2)12(14(15)16)7-10-5-6-11(17-3)8-13(10)18-4/h5-9H,1-4H3,(H,15,16)/b12-7+. The van der Waals surface area contributed by atoms with E-state index in [9.17, 15) is 4.79 Å². The fraction of sp³-hybridized carbons (Fsp3) is 0.357. The molecule has 0 aliphatic carbocycles. The molecule has 18 heavy (non-hydrogen) atoms. The molecule has 0 atom stereocenters. The molecule has 0 bridgehead atoms. The monoisotopic (exact) mass is 250 g/mol. The first-order valence-electron chi connectivity index (χ1n) is 5.66. The molecule has 0 aliphatic heterocycles. The molecule has 0 aromatic heterocycles. The molecule has 4 nitrogen and oxygen atoms in total. The summed E-state index contributed by atoms with van der Waals surface area (Å²) in [5.41, 5.74) is 1.07. The van der Waals surface area contributed by atoms with Crippen LogP contribution in [0.25, 0.3) is 6.08 Å². The summed E-state index contributed by atoms with van der Waals surface area (Å²) in [5, 5.41) is 9.14. The van der Waals surface area contributed by atoms with Crippen molar-refractivity contribution in [3.05, 3.63) is 29.3 Å². The molecular formula is C14H18O4. The van der Waals surface area contributed by atoms with Crippen LogP contribution in [0.3, 0.4) is 0 Å². The molecule has 0 heterocycles. The maximum absolute atomic E-state index is 11.1. The topological polar surface area (TPSA) is 55.8 Å². The van der Waals surface area contributed by atoms with Gasteiger partial charge in [0.1, 0.15) is 11.5 Å². The Kier molecular flexibility index (Phi) is 4.77. The number of hydrogen-bond acceptors (Lipinski definition) is 3. The number of aliphatic carboxylic acids is 1. The maximum atomic E-state index is 11.1. The molecule has 4 heteroatoms. The van der Waals surface area contributed by atoms with Crippen molar-refractivity contribution in [3.63, 3.8) is 0 Å². The van der Waals surface area contributed by atoms with Gasteiger partial charge in [-0.15, -0.1) is 0 Å². The van der Waals surface area contributed by atoms with E-state index in [0.717, 1.165) is 5.56 Å². The van der Waals surface area contributed by atoms with Gasteiger partial charge in [0.15, 0.2) is 0 Å². The Morgan fingerprint density at radius 1 is 1.28 bits per heavy atom. The Bertz CT molecular complexity index is 461. The molecule has 98 valence electrons. The lowest BCUT2D eigenvalue weighted by atomic mass is 10.00. The van der Waals surface area contributed by atoms with Gasteiger partial charge in [0.2, 0.25) is 0 Å². The Morgan fingerprint density at radius 2 is 1.94 bits per heavy atom. The average Bonchev–Trinajstić information content (AvgIpc) is 2.34.